The lowest BCUT2D eigenvalue weighted by atomic mass is 9.43. The summed E-state index contributed by atoms with van der Waals surface area (Å²) in [6.45, 7) is 14.7. The van der Waals surface area contributed by atoms with Gasteiger partial charge in [0.25, 0.3) is 0 Å². The Kier molecular flexibility index (Phi) is 3.67. The van der Waals surface area contributed by atoms with Gasteiger partial charge in [-0.3, -0.25) is 4.79 Å². The molecule has 0 aromatic heterocycles. The van der Waals surface area contributed by atoms with Crippen LogP contribution < -0.4 is 0 Å². The average molecular weight is 320 g/mol. The van der Waals surface area contributed by atoms with Crippen molar-refractivity contribution in [3.8, 4) is 0 Å². The largest absolute Gasteiger partial charge is 0.385 e. The van der Waals surface area contributed by atoms with Crippen molar-refractivity contribution in [1.82, 2.24) is 0 Å². The number of ketones is 1. The summed E-state index contributed by atoms with van der Waals surface area (Å²) >= 11 is 0. The standard InChI is InChI=1S/C20H32O3/c1-7-18(4)10-8-15-19(5)12-13(21)16(22)17(2,3)14(19)9-11-20(15,6)23-18/h7,14-16,22H,1,8-12H2,2-6H3/t14-,15+,16+,18+,19-,20+/m1/s1. The number of aliphatic hydroxyl groups excluding tert-OH is 1. The van der Waals surface area contributed by atoms with Crippen LogP contribution in [0.3, 0.4) is 0 Å². The minimum absolute atomic E-state index is 0.00931. The molecule has 3 rings (SSSR count). The smallest absolute Gasteiger partial charge is 0.162 e. The maximum atomic E-state index is 12.5. The minimum Gasteiger partial charge on any atom is -0.385 e. The van der Waals surface area contributed by atoms with Crippen LogP contribution in [-0.2, 0) is 9.53 Å². The van der Waals surface area contributed by atoms with Gasteiger partial charge in [-0.15, -0.1) is 6.58 Å². The lowest BCUT2D eigenvalue weighted by Gasteiger charge is -2.65. The van der Waals surface area contributed by atoms with Gasteiger partial charge in [0.05, 0.1) is 11.2 Å². The molecule has 0 unspecified atom stereocenters. The molecule has 2 aliphatic carbocycles. The highest BCUT2D eigenvalue weighted by atomic mass is 16.5. The van der Waals surface area contributed by atoms with E-state index in [2.05, 4.69) is 41.2 Å². The highest BCUT2D eigenvalue weighted by Crippen LogP contribution is 2.64. The fraction of sp³-hybridized carbons (Fsp3) is 0.850. The summed E-state index contributed by atoms with van der Waals surface area (Å²) < 4.78 is 6.57. The summed E-state index contributed by atoms with van der Waals surface area (Å²) in [5.74, 6) is 0.727. The molecule has 23 heavy (non-hydrogen) atoms. The number of carbonyl (C=O) groups excluding carboxylic acids is 1. The second-order valence-electron chi connectivity index (χ2n) is 9.49. The number of aliphatic hydroxyl groups is 1. The zero-order valence-electron chi connectivity index (χ0n) is 15.3. The molecule has 0 radical (unpaired) electrons. The van der Waals surface area contributed by atoms with Crippen LogP contribution in [0.25, 0.3) is 0 Å². The summed E-state index contributed by atoms with van der Waals surface area (Å²) in [6.07, 6.45) is 5.61. The Labute approximate surface area is 140 Å². The van der Waals surface area contributed by atoms with Gasteiger partial charge in [-0.1, -0.05) is 26.8 Å². The molecule has 0 aromatic carbocycles. The van der Waals surface area contributed by atoms with E-state index in [1.54, 1.807) is 0 Å². The number of carbonyl (C=O) groups is 1. The predicted octanol–water partition coefficient (Wildman–Crippen LogP) is 3.89. The van der Waals surface area contributed by atoms with Crippen LogP contribution in [-0.4, -0.2) is 28.2 Å². The fourth-order valence-corrected chi connectivity index (χ4v) is 6.34. The molecule has 6 atom stereocenters. The molecule has 0 bridgehead atoms. The summed E-state index contributed by atoms with van der Waals surface area (Å²) in [7, 11) is 0. The van der Waals surface area contributed by atoms with Crippen LogP contribution in [0, 0.1) is 22.7 Å². The van der Waals surface area contributed by atoms with Gasteiger partial charge in [0, 0.05) is 11.8 Å². The van der Waals surface area contributed by atoms with E-state index >= 15 is 0 Å². The van der Waals surface area contributed by atoms with E-state index in [1.165, 1.54) is 0 Å². The first kappa shape index (κ1) is 17.2. The van der Waals surface area contributed by atoms with Crippen molar-refractivity contribution in [2.75, 3.05) is 0 Å². The second kappa shape index (κ2) is 4.92. The van der Waals surface area contributed by atoms with Crippen molar-refractivity contribution in [2.24, 2.45) is 22.7 Å². The Morgan fingerprint density at radius 1 is 1.13 bits per heavy atom. The van der Waals surface area contributed by atoms with E-state index in [-0.39, 0.29) is 27.8 Å². The molecule has 1 heterocycles. The fourth-order valence-electron chi connectivity index (χ4n) is 6.34. The van der Waals surface area contributed by atoms with Gasteiger partial charge < -0.3 is 9.84 Å². The first-order valence-corrected chi connectivity index (χ1v) is 9.03. The molecule has 1 N–H and O–H groups in total. The van der Waals surface area contributed by atoms with Crippen molar-refractivity contribution in [1.29, 1.82) is 0 Å². The molecule has 0 aromatic rings. The van der Waals surface area contributed by atoms with E-state index in [4.69, 9.17) is 4.74 Å². The lowest BCUT2D eigenvalue weighted by Crippen LogP contribution is -2.66. The number of fused-ring (bicyclic) bond motifs is 3. The van der Waals surface area contributed by atoms with Crippen LogP contribution in [0.5, 0.6) is 0 Å². The Morgan fingerprint density at radius 2 is 1.74 bits per heavy atom. The molecule has 0 amide bonds. The Balaban J connectivity index is 2.00. The summed E-state index contributed by atoms with van der Waals surface area (Å²) in [5, 5.41) is 10.4. The number of rotatable bonds is 1. The number of ether oxygens (including phenoxy) is 1. The van der Waals surface area contributed by atoms with Gasteiger partial charge in [-0.2, -0.15) is 0 Å². The third-order valence-electron chi connectivity index (χ3n) is 7.55. The van der Waals surface area contributed by atoms with Crippen molar-refractivity contribution in [3.63, 3.8) is 0 Å². The topological polar surface area (TPSA) is 46.5 Å². The summed E-state index contributed by atoms with van der Waals surface area (Å²) in [5.41, 5.74) is -0.910. The van der Waals surface area contributed by atoms with Gasteiger partial charge in [0.15, 0.2) is 5.78 Å². The minimum atomic E-state index is -0.826. The molecular weight excluding hydrogens is 288 g/mol. The zero-order valence-corrected chi connectivity index (χ0v) is 15.3. The van der Waals surface area contributed by atoms with Crippen LogP contribution in [0.15, 0.2) is 12.7 Å². The molecule has 130 valence electrons. The van der Waals surface area contributed by atoms with Gasteiger partial charge in [0.2, 0.25) is 0 Å². The molecule has 3 fully saturated rings. The van der Waals surface area contributed by atoms with Crippen molar-refractivity contribution in [2.45, 2.75) is 84.0 Å². The Hall–Kier alpha value is -0.670. The third kappa shape index (κ3) is 2.26. The highest BCUT2D eigenvalue weighted by molar-refractivity contribution is 5.85. The molecule has 3 nitrogen and oxygen atoms in total. The van der Waals surface area contributed by atoms with Crippen LogP contribution in [0.4, 0.5) is 0 Å². The van der Waals surface area contributed by atoms with Crippen LogP contribution in [0.1, 0.15) is 66.7 Å². The third-order valence-corrected chi connectivity index (χ3v) is 7.55. The van der Waals surface area contributed by atoms with Crippen LogP contribution >= 0.6 is 0 Å². The first-order valence-electron chi connectivity index (χ1n) is 9.03. The lowest BCUT2D eigenvalue weighted by molar-refractivity contribution is -0.257. The van der Waals surface area contributed by atoms with Gasteiger partial charge in [0.1, 0.15) is 6.10 Å². The van der Waals surface area contributed by atoms with E-state index in [0.717, 1.165) is 25.7 Å². The van der Waals surface area contributed by atoms with Crippen LogP contribution in [0.2, 0.25) is 0 Å². The SMILES string of the molecule is C=C[C@@]1(C)CC[C@H]2[C@]3(C)CC(=O)[C@H](O)C(C)(C)[C@H]3CC[C@]2(C)O1. The maximum absolute atomic E-state index is 12.5. The summed E-state index contributed by atoms with van der Waals surface area (Å²) in [4.78, 5) is 12.5. The van der Waals surface area contributed by atoms with Gasteiger partial charge in [-0.05, 0) is 56.8 Å². The van der Waals surface area contributed by atoms with Crippen molar-refractivity contribution < 1.29 is 14.6 Å². The molecule has 3 aliphatic rings. The number of hydrogen-bond acceptors (Lipinski definition) is 3. The Bertz CT molecular complexity index is 539. The van der Waals surface area contributed by atoms with E-state index in [1.807, 2.05) is 6.08 Å². The first-order chi connectivity index (χ1) is 10.5. The average Bonchev–Trinajstić information content (AvgIpc) is 2.43. The van der Waals surface area contributed by atoms with E-state index in [0.29, 0.717) is 18.3 Å². The monoisotopic (exact) mass is 320 g/mol. The molecule has 0 spiro atoms. The quantitative estimate of drug-likeness (QED) is 0.746. The van der Waals surface area contributed by atoms with Gasteiger partial charge in [-0.25, -0.2) is 0 Å². The normalized spacial score (nSPS) is 52.4. The maximum Gasteiger partial charge on any atom is 0.162 e. The zero-order chi connectivity index (χ0) is 17.3. The van der Waals surface area contributed by atoms with E-state index < -0.39 is 6.10 Å². The number of Topliss-reactive ketones (excluding diaryl/α,β-unsaturated/α-hetero) is 1. The van der Waals surface area contributed by atoms with E-state index in [9.17, 15) is 9.90 Å². The molecule has 1 aliphatic heterocycles. The molecular formula is C20H32O3. The molecule has 3 heteroatoms. The van der Waals surface area contributed by atoms with Crippen molar-refractivity contribution >= 4 is 5.78 Å². The predicted molar refractivity (Wildman–Crippen MR) is 91.1 cm³/mol. The Morgan fingerprint density at radius 3 is 2.35 bits per heavy atom. The second-order valence-corrected chi connectivity index (χ2v) is 9.49. The molecule has 1 saturated heterocycles. The molecule has 2 saturated carbocycles. The van der Waals surface area contributed by atoms with Gasteiger partial charge >= 0.3 is 0 Å². The summed E-state index contributed by atoms with van der Waals surface area (Å²) in [6, 6.07) is 0. The van der Waals surface area contributed by atoms with Crippen molar-refractivity contribution in [3.05, 3.63) is 12.7 Å². The number of hydrogen-bond donors (Lipinski definition) is 1. The highest BCUT2D eigenvalue weighted by Gasteiger charge is 2.64.